The molecule has 0 radical (unpaired) electrons. The molecule has 0 bridgehead atoms. The van der Waals surface area contributed by atoms with Gasteiger partial charge in [-0.25, -0.2) is 4.98 Å². The third-order valence-corrected chi connectivity index (χ3v) is 3.50. The summed E-state index contributed by atoms with van der Waals surface area (Å²) in [7, 11) is 0. The molecule has 3 heteroatoms. The average molecular weight is 259 g/mol. The summed E-state index contributed by atoms with van der Waals surface area (Å²) in [6.45, 7) is 0. The molecule has 0 aliphatic carbocycles. The molecule has 0 aliphatic heterocycles. The van der Waals surface area contributed by atoms with Gasteiger partial charge in [-0.2, -0.15) is 0 Å². The number of aromatic amines is 1. The van der Waals surface area contributed by atoms with Gasteiger partial charge in [0.1, 0.15) is 0 Å². The monoisotopic (exact) mass is 259 g/mol. The molecule has 4 rings (SSSR count). The minimum Gasteiger partial charge on any atom is -0.353 e. The molecule has 0 aliphatic rings. The highest BCUT2D eigenvalue weighted by atomic mass is 15.0. The van der Waals surface area contributed by atoms with Crippen LogP contribution in [0.3, 0.4) is 0 Å². The number of fused-ring (bicyclic) bond motifs is 1. The lowest BCUT2D eigenvalue weighted by molar-refractivity contribution is 1.07. The van der Waals surface area contributed by atoms with E-state index in [0.29, 0.717) is 0 Å². The highest BCUT2D eigenvalue weighted by Crippen LogP contribution is 2.32. The fraction of sp³-hybridized carbons (Fsp3) is 0. The Hall–Kier alpha value is -2.81. The summed E-state index contributed by atoms with van der Waals surface area (Å²) < 4.78 is 2.06. The van der Waals surface area contributed by atoms with Crippen molar-refractivity contribution in [2.45, 2.75) is 0 Å². The summed E-state index contributed by atoms with van der Waals surface area (Å²) in [6, 6.07) is 18.7. The van der Waals surface area contributed by atoms with Crippen molar-refractivity contribution < 1.29 is 0 Å². The fourth-order valence-corrected chi connectivity index (χ4v) is 2.60. The first-order valence-electron chi connectivity index (χ1n) is 6.58. The van der Waals surface area contributed by atoms with Crippen molar-refractivity contribution in [2.24, 2.45) is 0 Å². The molecule has 2 aromatic carbocycles. The van der Waals surface area contributed by atoms with Crippen LogP contribution in [0.15, 0.2) is 73.3 Å². The van der Waals surface area contributed by atoms with Crippen LogP contribution in [0.2, 0.25) is 0 Å². The van der Waals surface area contributed by atoms with Crippen molar-refractivity contribution >= 4 is 10.9 Å². The molecule has 2 heterocycles. The lowest BCUT2D eigenvalue weighted by Gasteiger charge is -2.05. The van der Waals surface area contributed by atoms with Crippen LogP contribution >= 0.6 is 0 Å². The molecule has 0 spiro atoms. The molecule has 2 aromatic heterocycles. The maximum atomic E-state index is 4.17. The van der Waals surface area contributed by atoms with Crippen LogP contribution in [0, 0.1) is 0 Å². The van der Waals surface area contributed by atoms with Gasteiger partial charge in [0.15, 0.2) is 0 Å². The molecule has 0 atom stereocenters. The second-order valence-electron chi connectivity index (χ2n) is 4.73. The zero-order chi connectivity index (χ0) is 13.4. The van der Waals surface area contributed by atoms with Crippen LogP contribution in [0.1, 0.15) is 0 Å². The van der Waals surface area contributed by atoms with Crippen LogP contribution in [0.4, 0.5) is 0 Å². The molecule has 0 unspecified atom stereocenters. The number of aromatic nitrogens is 3. The van der Waals surface area contributed by atoms with Gasteiger partial charge >= 0.3 is 0 Å². The van der Waals surface area contributed by atoms with Crippen molar-refractivity contribution in [3.05, 3.63) is 73.3 Å². The van der Waals surface area contributed by atoms with Crippen LogP contribution in [0.25, 0.3) is 27.8 Å². The largest absolute Gasteiger partial charge is 0.353 e. The summed E-state index contributed by atoms with van der Waals surface area (Å²) in [5, 5.41) is 1.20. The van der Waals surface area contributed by atoms with Gasteiger partial charge in [-0.1, -0.05) is 48.5 Å². The van der Waals surface area contributed by atoms with Gasteiger partial charge < -0.3 is 9.55 Å². The Morgan fingerprint density at radius 3 is 2.50 bits per heavy atom. The van der Waals surface area contributed by atoms with E-state index in [4.69, 9.17) is 0 Å². The third-order valence-electron chi connectivity index (χ3n) is 3.50. The number of nitrogens with one attached hydrogen (secondary N) is 1. The van der Waals surface area contributed by atoms with Gasteiger partial charge in [-0.05, 0) is 6.07 Å². The van der Waals surface area contributed by atoms with Crippen molar-refractivity contribution in [3.63, 3.8) is 0 Å². The van der Waals surface area contributed by atoms with E-state index in [9.17, 15) is 0 Å². The van der Waals surface area contributed by atoms with Crippen molar-refractivity contribution in [2.75, 3.05) is 0 Å². The molecule has 96 valence electrons. The smallest absolute Gasteiger partial charge is 0.0992 e. The standard InChI is InChI=1S/C17H13N3/c1-2-6-13(7-3-1)16-17(20-11-10-18-12-20)14-8-4-5-9-15(14)19-16/h1-12,19H. The number of nitrogens with zero attached hydrogens (tertiary/aromatic N) is 2. The lowest BCUT2D eigenvalue weighted by Crippen LogP contribution is -1.91. The Balaban J connectivity index is 2.08. The molecule has 4 aromatic rings. The van der Waals surface area contributed by atoms with Crippen LogP contribution in [-0.4, -0.2) is 14.5 Å². The molecule has 1 N–H and O–H groups in total. The molecular weight excluding hydrogens is 246 g/mol. The van der Waals surface area contributed by atoms with Gasteiger partial charge in [0.25, 0.3) is 0 Å². The zero-order valence-electron chi connectivity index (χ0n) is 10.8. The van der Waals surface area contributed by atoms with Crippen molar-refractivity contribution in [1.82, 2.24) is 14.5 Å². The fourth-order valence-electron chi connectivity index (χ4n) is 2.60. The topological polar surface area (TPSA) is 33.6 Å². The number of benzene rings is 2. The molecule has 0 amide bonds. The summed E-state index contributed by atoms with van der Waals surface area (Å²) in [5.41, 5.74) is 4.57. The van der Waals surface area contributed by atoms with Gasteiger partial charge in [-0.15, -0.1) is 0 Å². The maximum absolute atomic E-state index is 4.17. The first kappa shape index (κ1) is 11.1. The zero-order valence-corrected chi connectivity index (χ0v) is 10.8. The number of H-pyrrole nitrogens is 1. The third kappa shape index (κ3) is 1.64. The average Bonchev–Trinajstić information content (AvgIpc) is 3.14. The van der Waals surface area contributed by atoms with E-state index >= 15 is 0 Å². The second kappa shape index (κ2) is 4.38. The van der Waals surface area contributed by atoms with E-state index in [1.807, 2.05) is 24.7 Å². The SMILES string of the molecule is c1ccc(-c2[nH]c3ccccc3c2-n2ccnc2)cc1. The number of imidazole rings is 1. The summed E-state index contributed by atoms with van der Waals surface area (Å²) in [6.07, 6.45) is 5.61. The Morgan fingerprint density at radius 2 is 1.70 bits per heavy atom. The molecule has 0 fully saturated rings. The first-order chi connectivity index (χ1) is 9.93. The summed E-state index contributed by atoms with van der Waals surface area (Å²) in [5.74, 6) is 0. The summed E-state index contributed by atoms with van der Waals surface area (Å²) >= 11 is 0. The predicted octanol–water partition coefficient (Wildman–Crippen LogP) is 4.02. The molecule has 0 saturated carbocycles. The molecule has 3 nitrogen and oxygen atoms in total. The minimum atomic E-state index is 1.12. The molecule has 0 saturated heterocycles. The second-order valence-corrected chi connectivity index (χ2v) is 4.73. The van der Waals surface area contributed by atoms with Gasteiger partial charge in [-0.3, -0.25) is 0 Å². The normalized spacial score (nSPS) is 11.0. The quantitative estimate of drug-likeness (QED) is 0.579. The first-order valence-corrected chi connectivity index (χ1v) is 6.58. The molecular formula is C17H13N3. The Kier molecular flexibility index (Phi) is 2.42. The number of hydrogen-bond donors (Lipinski definition) is 1. The number of hydrogen-bond acceptors (Lipinski definition) is 1. The van der Waals surface area contributed by atoms with Gasteiger partial charge in [0.05, 0.1) is 17.7 Å². The molecule has 20 heavy (non-hydrogen) atoms. The van der Waals surface area contributed by atoms with E-state index in [1.54, 1.807) is 6.20 Å². The van der Waals surface area contributed by atoms with Crippen molar-refractivity contribution in [3.8, 4) is 16.9 Å². The minimum absolute atomic E-state index is 1.12. The van der Waals surface area contributed by atoms with Gasteiger partial charge in [0, 0.05) is 28.9 Å². The van der Waals surface area contributed by atoms with Crippen molar-refractivity contribution in [1.29, 1.82) is 0 Å². The highest BCUT2D eigenvalue weighted by molar-refractivity contribution is 5.96. The maximum Gasteiger partial charge on any atom is 0.0992 e. The van der Waals surface area contributed by atoms with Gasteiger partial charge in [0.2, 0.25) is 0 Å². The van der Waals surface area contributed by atoms with E-state index in [-0.39, 0.29) is 0 Å². The number of rotatable bonds is 2. The van der Waals surface area contributed by atoms with Crippen LogP contribution in [-0.2, 0) is 0 Å². The Labute approximate surface area is 116 Å². The highest BCUT2D eigenvalue weighted by Gasteiger charge is 2.13. The Bertz CT molecular complexity index is 842. The van der Waals surface area contributed by atoms with Crippen LogP contribution < -0.4 is 0 Å². The van der Waals surface area contributed by atoms with E-state index in [2.05, 4.69) is 57.0 Å². The van der Waals surface area contributed by atoms with E-state index < -0.39 is 0 Å². The summed E-state index contributed by atoms with van der Waals surface area (Å²) in [4.78, 5) is 7.69. The van der Waals surface area contributed by atoms with E-state index in [0.717, 1.165) is 16.9 Å². The number of para-hydroxylation sites is 1. The van der Waals surface area contributed by atoms with Crippen LogP contribution in [0.5, 0.6) is 0 Å². The predicted molar refractivity (Wildman–Crippen MR) is 80.9 cm³/mol. The van der Waals surface area contributed by atoms with E-state index in [1.165, 1.54) is 10.9 Å². The Morgan fingerprint density at radius 1 is 0.900 bits per heavy atom. The lowest BCUT2D eigenvalue weighted by atomic mass is 10.1.